The summed E-state index contributed by atoms with van der Waals surface area (Å²) in [5.74, 6) is -0.242. The lowest BCUT2D eigenvalue weighted by atomic mass is 10.2. The number of nitro benzene ring substituents is 1. The number of non-ortho nitro benzene ring substituents is 1. The first-order valence-corrected chi connectivity index (χ1v) is 5.78. The van der Waals surface area contributed by atoms with Crippen LogP contribution in [0.2, 0.25) is 0 Å². The van der Waals surface area contributed by atoms with Crippen LogP contribution >= 0.6 is 0 Å². The molecule has 0 saturated heterocycles. The lowest BCUT2D eigenvalue weighted by Crippen LogP contribution is -2.24. The van der Waals surface area contributed by atoms with Gasteiger partial charge in [0.05, 0.1) is 4.92 Å². The lowest BCUT2D eigenvalue weighted by molar-refractivity contribution is -0.384. The number of rotatable bonds is 7. The molecule has 0 fully saturated rings. The number of nitrogens with zero attached hydrogens (tertiary/aromatic N) is 1. The summed E-state index contributed by atoms with van der Waals surface area (Å²) in [6, 6.07) is 5.48. The minimum Gasteiger partial charge on any atom is -0.396 e. The van der Waals surface area contributed by atoms with E-state index in [9.17, 15) is 14.9 Å². The maximum absolute atomic E-state index is 11.6. The topological polar surface area (TPSA) is 92.5 Å². The Labute approximate surface area is 105 Å². The first-order chi connectivity index (χ1) is 8.65. The largest absolute Gasteiger partial charge is 0.396 e. The first-order valence-electron chi connectivity index (χ1n) is 5.78. The maximum atomic E-state index is 11.6. The number of hydrogen-bond donors (Lipinski definition) is 2. The monoisotopic (exact) mass is 252 g/mol. The predicted octanol–water partition coefficient (Wildman–Crippen LogP) is 1.49. The Morgan fingerprint density at radius 2 is 1.89 bits per heavy atom. The Kier molecular flexibility index (Phi) is 5.79. The molecular weight excluding hydrogens is 236 g/mol. The summed E-state index contributed by atoms with van der Waals surface area (Å²) in [4.78, 5) is 21.6. The van der Waals surface area contributed by atoms with Crippen LogP contribution in [0.5, 0.6) is 0 Å². The van der Waals surface area contributed by atoms with Crippen LogP contribution in [-0.4, -0.2) is 29.1 Å². The number of amides is 1. The molecule has 0 saturated carbocycles. The van der Waals surface area contributed by atoms with Crippen molar-refractivity contribution in [1.82, 2.24) is 5.32 Å². The standard InChI is InChI=1S/C12H16N2O4/c15-9-3-1-2-8-13-12(16)10-4-6-11(7-5-10)14(17)18/h4-7,15H,1-3,8-9H2,(H,13,16). The number of nitro groups is 1. The van der Waals surface area contributed by atoms with Gasteiger partial charge in [-0.2, -0.15) is 0 Å². The smallest absolute Gasteiger partial charge is 0.269 e. The van der Waals surface area contributed by atoms with E-state index in [2.05, 4.69) is 5.32 Å². The number of hydrogen-bond acceptors (Lipinski definition) is 4. The zero-order valence-electron chi connectivity index (χ0n) is 9.96. The molecular formula is C12H16N2O4. The number of carbonyl (C=O) groups excluding carboxylic acids is 1. The molecule has 18 heavy (non-hydrogen) atoms. The number of benzene rings is 1. The van der Waals surface area contributed by atoms with E-state index in [1.54, 1.807) is 0 Å². The molecule has 0 heterocycles. The summed E-state index contributed by atoms with van der Waals surface area (Å²) in [6.07, 6.45) is 2.39. The van der Waals surface area contributed by atoms with E-state index in [1.807, 2.05) is 0 Å². The third-order valence-corrected chi connectivity index (χ3v) is 2.46. The SMILES string of the molecule is O=C(NCCCCCO)c1ccc([N+](=O)[O-])cc1. The van der Waals surface area contributed by atoms with Gasteiger partial charge in [-0.25, -0.2) is 0 Å². The molecule has 0 atom stereocenters. The van der Waals surface area contributed by atoms with Gasteiger partial charge in [0.25, 0.3) is 11.6 Å². The van der Waals surface area contributed by atoms with Crippen LogP contribution in [0, 0.1) is 10.1 Å². The Morgan fingerprint density at radius 3 is 2.44 bits per heavy atom. The fourth-order valence-electron chi connectivity index (χ4n) is 1.45. The molecule has 98 valence electrons. The van der Waals surface area contributed by atoms with Crippen molar-refractivity contribution in [1.29, 1.82) is 0 Å². The number of unbranched alkanes of at least 4 members (excludes halogenated alkanes) is 2. The average molecular weight is 252 g/mol. The van der Waals surface area contributed by atoms with Gasteiger partial charge in [-0.1, -0.05) is 0 Å². The minimum atomic E-state index is -0.503. The number of aliphatic hydroxyl groups excluding tert-OH is 1. The molecule has 0 radical (unpaired) electrons. The second kappa shape index (κ2) is 7.39. The third kappa shape index (κ3) is 4.50. The summed E-state index contributed by atoms with van der Waals surface area (Å²) in [7, 11) is 0. The first kappa shape index (κ1) is 14.1. The van der Waals surface area contributed by atoms with E-state index >= 15 is 0 Å². The van der Waals surface area contributed by atoms with Crippen molar-refractivity contribution < 1.29 is 14.8 Å². The molecule has 1 amide bonds. The van der Waals surface area contributed by atoms with Gasteiger partial charge < -0.3 is 10.4 Å². The van der Waals surface area contributed by atoms with E-state index in [4.69, 9.17) is 5.11 Å². The Hall–Kier alpha value is -1.95. The van der Waals surface area contributed by atoms with Gasteiger partial charge in [-0.05, 0) is 31.4 Å². The lowest BCUT2D eigenvalue weighted by Gasteiger charge is -2.04. The summed E-state index contributed by atoms with van der Waals surface area (Å²) in [5, 5.41) is 21.7. The molecule has 1 rings (SSSR count). The highest BCUT2D eigenvalue weighted by Gasteiger charge is 2.08. The van der Waals surface area contributed by atoms with Crippen LogP contribution in [0.4, 0.5) is 5.69 Å². The molecule has 6 nitrogen and oxygen atoms in total. The Morgan fingerprint density at radius 1 is 1.22 bits per heavy atom. The Bertz CT molecular complexity index is 403. The fraction of sp³-hybridized carbons (Fsp3) is 0.417. The van der Waals surface area contributed by atoms with Crippen LogP contribution in [0.15, 0.2) is 24.3 Å². The maximum Gasteiger partial charge on any atom is 0.269 e. The second-order valence-electron chi connectivity index (χ2n) is 3.84. The van der Waals surface area contributed by atoms with Crippen LogP contribution in [0.25, 0.3) is 0 Å². The van der Waals surface area contributed by atoms with Crippen molar-refractivity contribution in [2.45, 2.75) is 19.3 Å². The molecule has 1 aromatic carbocycles. The van der Waals surface area contributed by atoms with E-state index in [0.29, 0.717) is 12.1 Å². The number of carbonyl (C=O) groups is 1. The van der Waals surface area contributed by atoms with Crippen LogP contribution < -0.4 is 5.32 Å². The van der Waals surface area contributed by atoms with Crippen LogP contribution in [-0.2, 0) is 0 Å². The highest BCUT2D eigenvalue weighted by Crippen LogP contribution is 2.11. The highest BCUT2D eigenvalue weighted by molar-refractivity contribution is 5.94. The Balaban J connectivity index is 2.39. The van der Waals surface area contributed by atoms with Crippen molar-refractivity contribution >= 4 is 11.6 Å². The van der Waals surface area contributed by atoms with Crippen molar-refractivity contribution in [3.63, 3.8) is 0 Å². The number of nitrogens with one attached hydrogen (secondary N) is 1. The molecule has 0 aliphatic heterocycles. The van der Waals surface area contributed by atoms with Gasteiger partial charge in [0.2, 0.25) is 0 Å². The molecule has 0 aliphatic rings. The summed E-state index contributed by atoms with van der Waals surface area (Å²) in [6.45, 7) is 0.701. The van der Waals surface area contributed by atoms with E-state index in [0.717, 1.165) is 19.3 Å². The number of aliphatic hydroxyl groups is 1. The van der Waals surface area contributed by atoms with Crippen molar-refractivity contribution in [3.05, 3.63) is 39.9 Å². The third-order valence-electron chi connectivity index (χ3n) is 2.46. The molecule has 2 N–H and O–H groups in total. The zero-order valence-corrected chi connectivity index (χ0v) is 9.96. The van der Waals surface area contributed by atoms with Crippen molar-refractivity contribution in [2.75, 3.05) is 13.2 Å². The van der Waals surface area contributed by atoms with Gasteiger partial charge in [-0.3, -0.25) is 14.9 Å². The normalized spacial score (nSPS) is 10.1. The van der Waals surface area contributed by atoms with E-state index < -0.39 is 4.92 Å². The van der Waals surface area contributed by atoms with E-state index in [1.165, 1.54) is 24.3 Å². The van der Waals surface area contributed by atoms with Gasteiger partial charge >= 0.3 is 0 Å². The molecule has 0 bridgehead atoms. The van der Waals surface area contributed by atoms with Crippen LogP contribution in [0.1, 0.15) is 29.6 Å². The van der Waals surface area contributed by atoms with Crippen molar-refractivity contribution in [2.24, 2.45) is 0 Å². The quantitative estimate of drug-likeness (QED) is 0.437. The molecule has 0 spiro atoms. The van der Waals surface area contributed by atoms with Crippen LogP contribution in [0.3, 0.4) is 0 Å². The fourth-order valence-corrected chi connectivity index (χ4v) is 1.45. The molecule has 0 aromatic heterocycles. The molecule has 1 aromatic rings. The van der Waals surface area contributed by atoms with Gasteiger partial charge in [0.1, 0.15) is 0 Å². The van der Waals surface area contributed by atoms with Crippen molar-refractivity contribution in [3.8, 4) is 0 Å². The molecule has 6 heteroatoms. The summed E-state index contributed by atoms with van der Waals surface area (Å²) < 4.78 is 0. The van der Waals surface area contributed by atoms with Gasteiger partial charge in [0, 0.05) is 30.8 Å². The van der Waals surface area contributed by atoms with Gasteiger partial charge in [-0.15, -0.1) is 0 Å². The summed E-state index contributed by atoms with van der Waals surface area (Å²) in [5.41, 5.74) is 0.372. The molecule has 0 unspecified atom stereocenters. The van der Waals surface area contributed by atoms with E-state index in [-0.39, 0.29) is 18.2 Å². The average Bonchev–Trinajstić information content (AvgIpc) is 2.38. The highest BCUT2D eigenvalue weighted by atomic mass is 16.6. The minimum absolute atomic E-state index is 0.0329. The molecule has 0 aliphatic carbocycles. The summed E-state index contributed by atoms with van der Waals surface area (Å²) >= 11 is 0. The zero-order chi connectivity index (χ0) is 13.4. The van der Waals surface area contributed by atoms with Gasteiger partial charge in [0.15, 0.2) is 0 Å². The second-order valence-corrected chi connectivity index (χ2v) is 3.84. The predicted molar refractivity (Wildman–Crippen MR) is 66.4 cm³/mol.